The molecule has 0 unspecified atom stereocenters. The number of nitrogens with zero attached hydrogens (tertiary/aromatic N) is 4. The lowest BCUT2D eigenvalue weighted by molar-refractivity contribution is -0.117. The van der Waals surface area contributed by atoms with Crippen molar-refractivity contribution in [1.82, 2.24) is 14.8 Å². The molecule has 1 aromatic heterocycles. The van der Waals surface area contributed by atoms with Crippen LogP contribution in [0.15, 0.2) is 48.5 Å². The number of carbonyl (C=O) groups excluding carboxylic acids is 1. The lowest BCUT2D eigenvalue weighted by Gasteiger charge is -2.40. The average molecular weight is 346 g/mol. The lowest BCUT2D eigenvalue weighted by Crippen LogP contribution is -2.49. The molecule has 0 bridgehead atoms. The Morgan fingerprint density at radius 2 is 1.88 bits per heavy atom. The summed E-state index contributed by atoms with van der Waals surface area (Å²) in [6.07, 6.45) is 1.24. The number of fused-ring (bicyclic) bond motifs is 6. The smallest absolute Gasteiger partial charge is 0.229 e. The maximum Gasteiger partial charge on any atom is 0.229 e. The van der Waals surface area contributed by atoms with Crippen LogP contribution in [0.4, 0.5) is 5.69 Å². The summed E-state index contributed by atoms with van der Waals surface area (Å²) >= 11 is 0. The van der Waals surface area contributed by atoms with Crippen molar-refractivity contribution in [3.8, 4) is 28.5 Å². The molecule has 0 radical (unpaired) electrons. The number of ether oxygens (including phenoxy) is 1. The van der Waals surface area contributed by atoms with Gasteiger partial charge in [-0.15, -0.1) is 5.10 Å². The number of rotatable bonds is 2. The van der Waals surface area contributed by atoms with Gasteiger partial charge in [-0.05, 0) is 43.3 Å². The van der Waals surface area contributed by atoms with Crippen molar-refractivity contribution >= 4 is 11.6 Å². The van der Waals surface area contributed by atoms with Crippen LogP contribution in [0.2, 0.25) is 0 Å². The third-order valence-electron chi connectivity index (χ3n) is 5.34. The highest BCUT2D eigenvalue weighted by molar-refractivity contribution is 6.01. The minimum Gasteiger partial charge on any atom is -0.497 e. The van der Waals surface area contributed by atoms with Crippen molar-refractivity contribution in [2.24, 2.45) is 0 Å². The van der Waals surface area contributed by atoms with E-state index in [2.05, 4.69) is 6.92 Å². The summed E-state index contributed by atoms with van der Waals surface area (Å²) in [5.74, 6) is 2.38. The van der Waals surface area contributed by atoms with Crippen LogP contribution in [0, 0.1) is 0 Å². The predicted molar refractivity (Wildman–Crippen MR) is 97.8 cm³/mol. The van der Waals surface area contributed by atoms with Crippen molar-refractivity contribution in [1.29, 1.82) is 0 Å². The first kappa shape index (κ1) is 15.1. The van der Waals surface area contributed by atoms with Crippen LogP contribution in [0.25, 0.3) is 22.8 Å². The molecule has 0 aliphatic carbocycles. The molecule has 1 amide bonds. The number of methoxy groups -OCH3 is 1. The predicted octanol–water partition coefficient (Wildman–Crippen LogP) is 3.43. The first-order valence-electron chi connectivity index (χ1n) is 8.66. The van der Waals surface area contributed by atoms with Gasteiger partial charge in [0.15, 0.2) is 11.6 Å². The summed E-state index contributed by atoms with van der Waals surface area (Å²) in [7, 11) is 1.64. The monoisotopic (exact) mass is 346 g/mol. The van der Waals surface area contributed by atoms with E-state index in [0.29, 0.717) is 12.2 Å². The third-order valence-corrected chi connectivity index (χ3v) is 5.34. The number of anilines is 1. The molecule has 0 spiro atoms. The van der Waals surface area contributed by atoms with Crippen LogP contribution in [-0.4, -0.2) is 27.8 Å². The van der Waals surface area contributed by atoms with Gasteiger partial charge in [-0.25, -0.2) is 9.67 Å². The van der Waals surface area contributed by atoms with Gasteiger partial charge in [0.25, 0.3) is 0 Å². The minimum atomic E-state index is -0.515. The zero-order valence-electron chi connectivity index (χ0n) is 14.6. The van der Waals surface area contributed by atoms with Crippen LogP contribution in [0.3, 0.4) is 0 Å². The summed E-state index contributed by atoms with van der Waals surface area (Å²) in [5, 5.41) is 4.80. The van der Waals surface area contributed by atoms with Gasteiger partial charge in [0.2, 0.25) is 5.91 Å². The van der Waals surface area contributed by atoms with E-state index in [1.165, 1.54) is 0 Å². The molecule has 5 rings (SSSR count). The Balaban J connectivity index is 1.72. The van der Waals surface area contributed by atoms with E-state index >= 15 is 0 Å². The average Bonchev–Trinajstić information content (AvgIpc) is 3.25. The van der Waals surface area contributed by atoms with E-state index in [1.54, 1.807) is 7.11 Å². The van der Waals surface area contributed by atoms with Gasteiger partial charge in [0.05, 0.1) is 12.8 Å². The van der Waals surface area contributed by atoms with E-state index < -0.39 is 5.66 Å². The Morgan fingerprint density at radius 3 is 2.65 bits per heavy atom. The van der Waals surface area contributed by atoms with Crippen molar-refractivity contribution in [2.75, 3.05) is 12.0 Å². The van der Waals surface area contributed by atoms with Crippen LogP contribution in [0.5, 0.6) is 5.75 Å². The minimum absolute atomic E-state index is 0.132. The van der Waals surface area contributed by atoms with Crippen molar-refractivity contribution in [3.63, 3.8) is 0 Å². The van der Waals surface area contributed by atoms with E-state index in [1.807, 2.05) is 58.1 Å². The highest BCUT2D eigenvalue weighted by Gasteiger charge is 2.50. The number of hydrogen-bond donors (Lipinski definition) is 0. The molecule has 3 aromatic rings. The quantitative estimate of drug-likeness (QED) is 0.713. The van der Waals surface area contributed by atoms with Crippen molar-refractivity contribution < 1.29 is 9.53 Å². The second-order valence-corrected chi connectivity index (χ2v) is 6.86. The van der Waals surface area contributed by atoms with Gasteiger partial charge in [-0.3, -0.25) is 9.69 Å². The molecule has 0 saturated carbocycles. The van der Waals surface area contributed by atoms with Gasteiger partial charge in [0, 0.05) is 24.0 Å². The molecule has 1 saturated heterocycles. The number of para-hydroxylation sites is 1. The molecule has 2 aliphatic rings. The number of aromatic nitrogens is 3. The molecule has 6 nitrogen and oxygen atoms in total. The van der Waals surface area contributed by atoms with E-state index in [9.17, 15) is 4.79 Å². The summed E-state index contributed by atoms with van der Waals surface area (Å²) in [6, 6.07) is 15.6. The standard InChI is InChI=1S/C20H18N4O2/c1-20-12-11-17(25)23(20)16-6-4-3-5-15(16)19-21-18(22-24(19)20)13-7-9-14(26-2)10-8-13/h3-10H,11-12H2,1-2H3/t20-/m0/s1. The fourth-order valence-corrected chi connectivity index (χ4v) is 3.97. The highest BCUT2D eigenvalue weighted by Crippen LogP contribution is 2.48. The van der Waals surface area contributed by atoms with Gasteiger partial charge >= 0.3 is 0 Å². The first-order valence-corrected chi connectivity index (χ1v) is 8.66. The SMILES string of the molecule is COc1ccc(-c2nc3n(n2)[C@@]2(C)CCC(=O)N2c2ccccc2-3)cc1. The van der Waals surface area contributed by atoms with E-state index in [0.717, 1.165) is 34.8 Å². The van der Waals surface area contributed by atoms with Crippen molar-refractivity contribution in [2.45, 2.75) is 25.4 Å². The molecule has 2 aromatic carbocycles. The van der Waals surface area contributed by atoms with Crippen LogP contribution >= 0.6 is 0 Å². The Morgan fingerprint density at radius 1 is 1.12 bits per heavy atom. The summed E-state index contributed by atoms with van der Waals surface area (Å²) in [6.45, 7) is 2.06. The Bertz CT molecular complexity index is 1020. The number of hydrogen-bond acceptors (Lipinski definition) is 4. The largest absolute Gasteiger partial charge is 0.497 e. The second-order valence-electron chi connectivity index (χ2n) is 6.86. The molecule has 2 aliphatic heterocycles. The maximum absolute atomic E-state index is 12.6. The molecule has 1 atom stereocenters. The molecule has 0 N–H and O–H groups in total. The van der Waals surface area contributed by atoms with Crippen LogP contribution < -0.4 is 9.64 Å². The van der Waals surface area contributed by atoms with Crippen LogP contribution in [-0.2, 0) is 10.5 Å². The van der Waals surface area contributed by atoms with Crippen molar-refractivity contribution in [3.05, 3.63) is 48.5 Å². The van der Waals surface area contributed by atoms with Gasteiger partial charge < -0.3 is 4.74 Å². The van der Waals surface area contributed by atoms with E-state index in [-0.39, 0.29) is 5.91 Å². The zero-order chi connectivity index (χ0) is 17.9. The zero-order valence-corrected chi connectivity index (χ0v) is 14.6. The number of carbonyl (C=O) groups is 1. The summed E-state index contributed by atoms with van der Waals surface area (Å²) < 4.78 is 7.14. The number of benzene rings is 2. The Kier molecular flexibility index (Phi) is 3.01. The second kappa shape index (κ2) is 5.17. The molecule has 130 valence electrons. The third kappa shape index (κ3) is 1.89. The van der Waals surface area contributed by atoms with Gasteiger partial charge in [-0.1, -0.05) is 12.1 Å². The van der Waals surface area contributed by atoms with Crippen LogP contribution in [0.1, 0.15) is 19.8 Å². The van der Waals surface area contributed by atoms with Gasteiger partial charge in [-0.2, -0.15) is 0 Å². The maximum atomic E-state index is 12.6. The molecule has 3 heterocycles. The number of amides is 1. The van der Waals surface area contributed by atoms with E-state index in [4.69, 9.17) is 14.8 Å². The first-order chi connectivity index (χ1) is 12.6. The Labute approximate surface area is 151 Å². The topological polar surface area (TPSA) is 60.2 Å². The molecular formula is C20H18N4O2. The highest BCUT2D eigenvalue weighted by atomic mass is 16.5. The fraction of sp³-hybridized carbons (Fsp3) is 0.250. The fourth-order valence-electron chi connectivity index (χ4n) is 3.97. The Hall–Kier alpha value is -3.15. The molecule has 1 fully saturated rings. The summed E-state index contributed by atoms with van der Waals surface area (Å²) in [4.78, 5) is 19.3. The normalized spacial score (nSPS) is 20.5. The molecule has 6 heteroatoms. The molecule has 26 heavy (non-hydrogen) atoms. The lowest BCUT2D eigenvalue weighted by atomic mass is 10.0. The van der Waals surface area contributed by atoms with Gasteiger partial charge in [0.1, 0.15) is 11.4 Å². The molecular weight excluding hydrogens is 328 g/mol. The summed E-state index contributed by atoms with van der Waals surface area (Å²) in [5.41, 5.74) is 2.26.